The second-order valence-electron chi connectivity index (χ2n) is 9.17. The van der Waals surface area contributed by atoms with Crippen molar-refractivity contribution in [2.45, 2.75) is 25.7 Å². The number of hydrogen-bond donors (Lipinski definition) is 1. The number of ether oxygens (including phenoxy) is 1. The zero-order valence-corrected chi connectivity index (χ0v) is 22.1. The second-order valence-corrected chi connectivity index (χ2v) is 9.58. The van der Waals surface area contributed by atoms with Crippen LogP contribution in [0.2, 0.25) is 5.02 Å². The highest BCUT2D eigenvalue weighted by atomic mass is 35.5. The third-order valence-corrected chi connectivity index (χ3v) is 6.67. The lowest BCUT2D eigenvalue weighted by Gasteiger charge is -2.29. The molecule has 0 saturated heterocycles. The smallest absolute Gasteiger partial charge is 0.417 e. The van der Waals surface area contributed by atoms with E-state index in [9.17, 15) is 35.9 Å². The molecule has 1 unspecified atom stereocenters. The molecule has 0 aliphatic carbocycles. The van der Waals surface area contributed by atoms with Crippen LogP contribution >= 0.6 is 11.6 Å². The summed E-state index contributed by atoms with van der Waals surface area (Å²) in [6.07, 6.45) is -9.34. The largest absolute Gasteiger partial charge is 0.465 e. The van der Waals surface area contributed by atoms with Gasteiger partial charge >= 0.3 is 24.4 Å². The van der Waals surface area contributed by atoms with Gasteiger partial charge in [-0.1, -0.05) is 48.0 Å². The van der Waals surface area contributed by atoms with E-state index in [2.05, 4.69) is 10.4 Å². The van der Waals surface area contributed by atoms with Gasteiger partial charge in [-0.05, 0) is 55.3 Å². The first kappa shape index (κ1) is 29.9. The summed E-state index contributed by atoms with van der Waals surface area (Å²) in [6.45, 7) is 1.17. The number of amides is 2. The molecule has 41 heavy (non-hydrogen) atoms. The Balaban J connectivity index is 1.77. The van der Waals surface area contributed by atoms with Gasteiger partial charge in [-0.25, -0.2) is 9.80 Å². The third-order valence-electron chi connectivity index (χ3n) is 6.35. The molecule has 1 aliphatic heterocycles. The number of carbonyl (C=O) groups excluding carboxylic acids is 2. The number of carbonyl (C=O) groups is 2. The van der Waals surface area contributed by atoms with Crippen LogP contribution in [0, 0.1) is 5.41 Å². The Hall–Kier alpha value is -4.06. The molecule has 3 aromatic carbocycles. The van der Waals surface area contributed by atoms with Crippen molar-refractivity contribution in [3.63, 3.8) is 0 Å². The summed E-state index contributed by atoms with van der Waals surface area (Å²) in [5.41, 5.74) is -3.00. The number of urea groups is 1. The van der Waals surface area contributed by atoms with Crippen LogP contribution in [0.1, 0.15) is 29.2 Å². The van der Waals surface area contributed by atoms with Crippen molar-refractivity contribution in [1.82, 2.24) is 5.01 Å². The first-order valence-electron chi connectivity index (χ1n) is 12.2. The molecule has 0 aromatic heterocycles. The molecule has 216 valence electrons. The lowest BCUT2D eigenvalue weighted by atomic mass is 9.75. The average molecular weight is 598 g/mol. The summed E-state index contributed by atoms with van der Waals surface area (Å²) in [4.78, 5) is 26.7. The van der Waals surface area contributed by atoms with Crippen LogP contribution in [-0.2, 0) is 28.3 Å². The number of hydrogen-bond acceptors (Lipinski definition) is 4. The van der Waals surface area contributed by atoms with Gasteiger partial charge in [-0.3, -0.25) is 4.79 Å². The van der Waals surface area contributed by atoms with Gasteiger partial charge in [0.1, 0.15) is 5.41 Å². The van der Waals surface area contributed by atoms with Crippen molar-refractivity contribution < 1.29 is 40.7 Å². The summed E-state index contributed by atoms with van der Waals surface area (Å²) in [7, 11) is 0. The number of esters is 1. The monoisotopic (exact) mass is 597 g/mol. The molecule has 0 saturated carbocycles. The molecular formula is C28H22ClF6N3O3. The fraction of sp³-hybridized carbons (Fsp3) is 0.250. The molecule has 1 N–H and O–H groups in total. The maximum absolute atomic E-state index is 13.5. The Kier molecular flexibility index (Phi) is 8.34. The molecule has 1 atom stereocenters. The Morgan fingerprint density at radius 2 is 1.63 bits per heavy atom. The molecule has 6 nitrogen and oxygen atoms in total. The molecule has 4 rings (SSSR count). The fourth-order valence-electron chi connectivity index (χ4n) is 4.44. The Labute approximate surface area is 235 Å². The number of rotatable bonds is 6. The minimum absolute atomic E-state index is 0.0222. The number of benzene rings is 3. The SMILES string of the molecule is CCOC(=O)C1(Cc2ccccc2)CN(C(=O)Nc2ccc(C(F)(F)F)cc2)N=C1c1ccc(C(F)(F)F)c(Cl)c1. The summed E-state index contributed by atoms with van der Waals surface area (Å²) < 4.78 is 84.3. The van der Waals surface area contributed by atoms with E-state index in [0.29, 0.717) is 5.56 Å². The van der Waals surface area contributed by atoms with Crippen LogP contribution in [0.5, 0.6) is 0 Å². The van der Waals surface area contributed by atoms with Gasteiger partial charge < -0.3 is 10.1 Å². The third kappa shape index (κ3) is 6.48. The number of nitrogens with one attached hydrogen (secondary N) is 1. The van der Waals surface area contributed by atoms with Gasteiger partial charge in [-0.2, -0.15) is 31.4 Å². The van der Waals surface area contributed by atoms with Gasteiger partial charge in [0, 0.05) is 11.3 Å². The summed E-state index contributed by atoms with van der Waals surface area (Å²) >= 11 is 5.97. The molecule has 0 spiro atoms. The van der Waals surface area contributed by atoms with Crippen molar-refractivity contribution in [3.05, 3.63) is 100 Å². The second kappa shape index (κ2) is 11.4. The molecule has 1 aliphatic rings. The quantitative estimate of drug-likeness (QED) is 0.237. The molecule has 0 radical (unpaired) electrons. The van der Waals surface area contributed by atoms with Gasteiger partial charge in [-0.15, -0.1) is 0 Å². The van der Waals surface area contributed by atoms with Crippen molar-refractivity contribution in [1.29, 1.82) is 0 Å². The van der Waals surface area contributed by atoms with E-state index < -0.39 is 45.9 Å². The number of alkyl halides is 6. The van der Waals surface area contributed by atoms with Gasteiger partial charge in [0.15, 0.2) is 0 Å². The highest BCUT2D eigenvalue weighted by Gasteiger charge is 2.52. The molecule has 0 fully saturated rings. The molecule has 2 amide bonds. The summed E-state index contributed by atoms with van der Waals surface area (Å²) in [6, 6.07) is 14.3. The minimum atomic E-state index is -4.73. The molecule has 3 aromatic rings. The van der Waals surface area contributed by atoms with Crippen LogP contribution < -0.4 is 5.32 Å². The average Bonchev–Trinajstić information content (AvgIpc) is 3.29. The molecule has 1 heterocycles. The van der Waals surface area contributed by atoms with E-state index in [-0.39, 0.29) is 36.5 Å². The number of hydrazone groups is 1. The maximum atomic E-state index is 13.5. The number of halogens is 7. The molecule has 0 bridgehead atoms. The van der Waals surface area contributed by atoms with Crippen LogP contribution in [0.15, 0.2) is 77.9 Å². The fourth-order valence-corrected chi connectivity index (χ4v) is 4.73. The predicted molar refractivity (Wildman–Crippen MR) is 139 cm³/mol. The van der Waals surface area contributed by atoms with Gasteiger partial charge in [0.2, 0.25) is 0 Å². The lowest BCUT2D eigenvalue weighted by molar-refractivity contribution is -0.151. The zero-order valence-electron chi connectivity index (χ0n) is 21.3. The molecular weight excluding hydrogens is 576 g/mol. The van der Waals surface area contributed by atoms with Gasteiger partial charge in [0.25, 0.3) is 0 Å². The van der Waals surface area contributed by atoms with E-state index >= 15 is 0 Å². The Morgan fingerprint density at radius 3 is 2.20 bits per heavy atom. The zero-order chi connectivity index (χ0) is 30.0. The predicted octanol–water partition coefficient (Wildman–Crippen LogP) is 7.42. The summed E-state index contributed by atoms with van der Waals surface area (Å²) in [5, 5.41) is 7.00. The van der Waals surface area contributed by atoms with Crippen LogP contribution in [0.25, 0.3) is 0 Å². The van der Waals surface area contributed by atoms with E-state index in [4.69, 9.17) is 16.3 Å². The van der Waals surface area contributed by atoms with Crippen molar-refractivity contribution >= 4 is 35.0 Å². The van der Waals surface area contributed by atoms with E-state index in [0.717, 1.165) is 47.5 Å². The van der Waals surface area contributed by atoms with E-state index in [1.165, 1.54) is 0 Å². The molecule has 13 heteroatoms. The van der Waals surface area contributed by atoms with E-state index in [1.807, 2.05) is 0 Å². The Morgan fingerprint density at radius 1 is 0.976 bits per heavy atom. The van der Waals surface area contributed by atoms with E-state index in [1.54, 1.807) is 37.3 Å². The van der Waals surface area contributed by atoms with Crippen LogP contribution in [-0.4, -0.2) is 35.9 Å². The topological polar surface area (TPSA) is 71.0 Å². The van der Waals surface area contributed by atoms with Crippen molar-refractivity contribution in [2.75, 3.05) is 18.5 Å². The standard InChI is InChI=1S/C28H22ClF6N3O3/c1-2-41-24(39)26(15-17-6-4-3-5-7-17)16-38(25(40)36-20-11-9-19(10-12-20)27(30,31)32)37-23(26)18-8-13-21(22(29)14-18)28(33,34)35/h3-14H,2,15-16H2,1H3,(H,36,40). The summed E-state index contributed by atoms with van der Waals surface area (Å²) in [5.74, 6) is -0.775. The highest BCUT2D eigenvalue weighted by molar-refractivity contribution is 6.32. The van der Waals surface area contributed by atoms with Crippen molar-refractivity contribution in [2.24, 2.45) is 10.5 Å². The van der Waals surface area contributed by atoms with Gasteiger partial charge in [0.05, 0.1) is 35.0 Å². The Bertz CT molecular complexity index is 1460. The maximum Gasteiger partial charge on any atom is 0.417 e. The minimum Gasteiger partial charge on any atom is -0.465 e. The van der Waals surface area contributed by atoms with Crippen LogP contribution in [0.3, 0.4) is 0 Å². The number of anilines is 1. The number of nitrogens with zero attached hydrogens (tertiary/aromatic N) is 2. The normalized spacial score (nSPS) is 17.3. The van der Waals surface area contributed by atoms with Crippen molar-refractivity contribution in [3.8, 4) is 0 Å². The lowest BCUT2D eigenvalue weighted by Crippen LogP contribution is -2.46. The first-order valence-corrected chi connectivity index (χ1v) is 12.6. The highest BCUT2D eigenvalue weighted by Crippen LogP contribution is 2.40. The first-order chi connectivity index (χ1) is 19.2. The van der Waals surface area contributed by atoms with Crippen LogP contribution in [0.4, 0.5) is 36.8 Å².